The second-order valence-electron chi connectivity index (χ2n) is 6.85. The van der Waals surface area contributed by atoms with Gasteiger partial charge in [0.05, 0.1) is 23.7 Å². The van der Waals surface area contributed by atoms with E-state index in [1.165, 1.54) is 32.1 Å². The lowest BCUT2D eigenvalue weighted by atomic mass is 9.95. The monoisotopic (exact) mass is 386 g/mol. The minimum absolute atomic E-state index is 0.445. The van der Waals surface area contributed by atoms with E-state index in [1.54, 1.807) is 17.9 Å². The Balaban J connectivity index is 1.66. The Morgan fingerprint density at radius 3 is 2.74 bits per heavy atom. The average Bonchev–Trinajstić information content (AvgIpc) is 3.04. The molecule has 7 nitrogen and oxygen atoms in total. The summed E-state index contributed by atoms with van der Waals surface area (Å²) in [5.41, 5.74) is 1.58. The van der Waals surface area contributed by atoms with Gasteiger partial charge in [0.2, 0.25) is 5.95 Å². The smallest absolute Gasteiger partial charge is 0.231 e. The number of nitrogens with zero attached hydrogens (tertiary/aromatic N) is 4. The van der Waals surface area contributed by atoms with Crippen LogP contribution in [-0.4, -0.2) is 32.9 Å². The number of rotatable bonds is 5. The lowest BCUT2D eigenvalue weighted by Gasteiger charge is -2.23. The van der Waals surface area contributed by atoms with Crippen molar-refractivity contribution in [2.45, 2.75) is 38.1 Å². The highest BCUT2D eigenvalue weighted by molar-refractivity contribution is 6.32. The molecule has 4 rings (SSSR count). The lowest BCUT2D eigenvalue weighted by molar-refractivity contribution is 0.415. The SMILES string of the molecule is COc1ccc(Nc2nc(NC3CCCCC3)c3cnn(C)c3n2)cc1Cl. The Kier molecular flexibility index (Phi) is 5.03. The molecule has 27 heavy (non-hydrogen) atoms. The van der Waals surface area contributed by atoms with Crippen LogP contribution in [0.1, 0.15) is 32.1 Å². The zero-order valence-electron chi connectivity index (χ0n) is 15.5. The molecular weight excluding hydrogens is 364 g/mol. The molecule has 0 unspecified atom stereocenters. The summed E-state index contributed by atoms with van der Waals surface area (Å²) in [7, 11) is 3.48. The summed E-state index contributed by atoms with van der Waals surface area (Å²) in [5.74, 6) is 1.96. The van der Waals surface area contributed by atoms with Gasteiger partial charge in [-0.1, -0.05) is 30.9 Å². The van der Waals surface area contributed by atoms with E-state index in [1.807, 2.05) is 25.4 Å². The maximum Gasteiger partial charge on any atom is 0.231 e. The highest BCUT2D eigenvalue weighted by Gasteiger charge is 2.18. The molecule has 0 saturated heterocycles. The van der Waals surface area contributed by atoms with E-state index < -0.39 is 0 Å². The van der Waals surface area contributed by atoms with Crippen LogP contribution >= 0.6 is 11.6 Å². The summed E-state index contributed by atoms with van der Waals surface area (Å²) in [5, 5.41) is 12.6. The molecule has 2 heterocycles. The first-order valence-electron chi connectivity index (χ1n) is 9.21. The Morgan fingerprint density at radius 2 is 2.00 bits per heavy atom. The molecule has 0 aliphatic heterocycles. The Morgan fingerprint density at radius 1 is 1.19 bits per heavy atom. The van der Waals surface area contributed by atoms with Crippen molar-refractivity contribution in [1.82, 2.24) is 19.7 Å². The quantitative estimate of drug-likeness (QED) is 0.671. The molecule has 1 aliphatic carbocycles. The molecule has 0 radical (unpaired) electrons. The summed E-state index contributed by atoms with van der Waals surface area (Å²) in [6.07, 6.45) is 7.98. The van der Waals surface area contributed by atoms with Gasteiger partial charge in [-0.15, -0.1) is 0 Å². The number of methoxy groups -OCH3 is 1. The predicted molar refractivity (Wildman–Crippen MR) is 108 cm³/mol. The largest absolute Gasteiger partial charge is 0.495 e. The third-order valence-corrected chi connectivity index (χ3v) is 5.24. The number of ether oxygens (including phenoxy) is 1. The summed E-state index contributed by atoms with van der Waals surface area (Å²) in [6, 6.07) is 5.94. The molecule has 1 aromatic carbocycles. The summed E-state index contributed by atoms with van der Waals surface area (Å²) in [6.45, 7) is 0. The van der Waals surface area contributed by atoms with Crippen LogP contribution in [0.5, 0.6) is 5.75 Å². The number of aromatic nitrogens is 4. The van der Waals surface area contributed by atoms with Gasteiger partial charge in [-0.3, -0.25) is 4.68 Å². The molecule has 0 amide bonds. The van der Waals surface area contributed by atoms with E-state index in [2.05, 4.69) is 20.7 Å². The van der Waals surface area contributed by atoms with E-state index in [4.69, 9.17) is 21.3 Å². The number of halogens is 1. The Hall–Kier alpha value is -2.54. The van der Waals surface area contributed by atoms with E-state index in [9.17, 15) is 0 Å². The summed E-state index contributed by atoms with van der Waals surface area (Å²) < 4.78 is 6.96. The number of nitrogens with one attached hydrogen (secondary N) is 2. The molecule has 2 N–H and O–H groups in total. The van der Waals surface area contributed by atoms with Crippen LogP contribution in [0.25, 0.3) is 11.0 Å². The van der Waals surface area contributed by atoms with Gasteiger partial charge in [-0.25, -0.2) is 0 Å². The van der Waals surface area contributed by atoms with Gasteiger partial charge in [0.1, 0.15) is 11.6 Å². The van der Waals surface area contributed by atoms with Crippen LogP contribution in [0.15, 0.2) is 24.4 Å². The van der Waals surface area contributed by atoms with Crippen molar-refractivity contribution in [3.8, 4) is 5.75 Å². The molecule has 3 aromatic rings. The minimum Gasteiger partial charge on any atom is -0.495 e. The van der Waals surface area contributed by atoms with E-state index >= 15 is 0 Å². The third-order valence-electron chi connectivity index (χ3n) is 4.95. The van der Waals surface area contributed by atoms with Crippen molar-refractivity contribution in [3.63, 3.8) is 0 Å². The lowest BCUT2D eigenvalue weighted by Crippen LogP contribution is -2.23. The van der Waals surface area contributed by atoms with E-state index in [0.717, 1.165) is 22.5 Å². The van der Waals surface area contributed by atoms with Gasteiger partial charge in [-0.05, 0) is 31.0 Å². The van der Waals surface area contributed by atoms with Gasteiger partial charge in [-0.2, -0.15) is 15.1 Å². The third kappa shape index (κ3) is 3.78. The number of hydrogen-bond acceptors (Lipinski definition) is 6. The van der Waals surface area contributed by atoms with Gasteiger partial charge >= 0.3 is 0 Å². The molecule has 1 saturated carbocycles. The van der Waals surface area contributed by atoms with Gasteiger partial charge in [0.25, 0.3) is 0 Å². The minimum atomic E-state index is 0.445. The fourth-order valence-corrected chi connectivity index (χ4v) is 3.76. The molecule has 0 atom stereocenters. The van der Waals surface area contributed by atoms with Crippen molar-refractivity contribution in [2.75, 3.05) is 17.7 Å². The van der Waals surface area contributed by atoms with Crippen LogP contribution in [0.2, 0.25) is 5.02 Å². The Bertz CT molecular complexity index is 951. The molecule has 0 bridgehead atoms. The predicted octanol–water partition coefficient (Wildman–Crippen LogP) is 4.51. The zero-order chi connectivity index (χ0) is 18.8. The van der Waals surface area contributed by atoms with Gasteiger partial charge < -0.3 is 15.4 Å². The van der Waals surface area contributed by atoms with Crippen molar-refractivity contribution in [1.29, 1.82) is 0 Å². The van der Waals surface area contributed by atoms with Crippen molar-refractivity contribution < 1.29 is 4.74 Å². The zero-order valence-corrected chi connectivity index (χ0v) is 16.3. The van der Waals surface area contributed by atoms with E-state index in [0.29, 0.717) is 22.8 Å². The first-order chi connectivity index (χ1) is 13.1. The maximum atomic E-state index is 6.23. The molecular formula is C19H23ClN6O. The number of benzene rings is 1. The molecule has 8 heteroatoms. The second-order valence-corrected chi connectivity index (χ2v) is 7.26. The van der Waals surface area contributed by atoms with Gasteiger partial charge in [0, 0.05) is 18.8 Å². The van der Waals surface area contributed by atoms with Crippen molar-refractivity contribution in [3.05, 3.63) is 29.4 Å². The van der Waals surface area contributed by atoms with Crippen LogP contribution in [-0.2, 0) is 7.05 Å². The van der Waals surface area contributed by atoms with Crippen LogP contribution in [0.3, 0.4) is 0 Å². The Labute approximate surface area is 163 Å². The van der Waals surface area contributed by atoms with Crippen LogP contribution in [0, 0.1) is 0 Å². The molecule has 1 aliphatic rings. The highest BCUT2D eigenvalue weighted by Crippen LogP contribution is 2.30. The first kappa shape index (κ1) is 17.9. The topological polar surface area (TPSA) is 76.9 Å². The summed E-state index contributed by atoms with van der Waals surface area (Å²) >= 11 is 6.23. The molecule has 1 fully saturated rings. The van der Waals surface area contributed by atoms with Crippen LogP contribution in [0.4, 0.5) is 17.5 Å². The fraction of sp³-hybridized carbons (Fsp3) is 0.421. The molecule has 142 valence electrons. The van der Waals surface area contributed by atoms with Gasteiger partial charge in [0.15, 0.2) is 5.65 Å². The average molecular weight is 387 g/mol. The van der Waals surface area contributed by atoms with Crippen molar-refractivity contribution in [2.24, 2.45) is 7.05 Å². The molecule has 2 aromatic heterocycles. The number of aryl methyl sites for hydroxylation is 1. The number of hydrogen-bond donors (Lipinski definition) is 2. The van der Waals surface area contributed by atoms with E-state index in [-0.39, 0.29) is 0 Å². The highest BCUT2D eigenvalue weighted by atomic mass is 35.5. The van der Waals surface area contributed by atoms with Crippen LogP contribution < -0.4 is 15.4 Å². The standard InChI is InChI=1S/C19H23ClN6O/c1-26-18-14(11-21-26)17(22-12-6-4-3-5-7-12)24-19(25-18)23-13-8-9-16(27-2)15(20)10-13/h8-12H,3-7H2,1-2H3,(H2,22,23,24,25). The fourth-order valence-electron chi connectivity index (χ4n) is 3.50. The molecule has 0 spiro atoms. The number of anilines is 3. The summed E-state index contributed by atoms with van der Waals surface area (Å²) in [4.78, 5) is 9.33. The maximum absolute atomic E-state index is 6.23. The number of fused-ring (bicyclic) bond motifs is 1. The first-order valence-corrected chi connectivity index (χ1v) is 9.58. The second kappa shape index (κ2) is 7.60. The normalized spacial score (nSPS) is 15.1. The van der Waals surface area contributed by atoms with Crippen molar-refractivity contribution >= 4 is 40.1 Å².